The second-order valence-corrected chi connectivity index (χ2v) is 18.3. The van der Waals surface area contributed by atoms with Crippen LogP contribution in [-0.2, 0) is 11.8 Å². The lowest BCUT2D eigenvalue weighted by molar-refractivity contribution is 0.353. The van der Waals surface area contributed by atoms with Gasteiger partial charge in [-0.3, -0.25) is 0 Å². The van der Waals surface area contributed by atoms with Crippen molar-refractivity contribution in [3.8, 4) is 39.1 Å². The Balaban J connectivity index is 0.929. The second kappa shape index (κ2) is 13.3. The monoisotopic (exact) mass is 808 g/mol. The summed E-state index contributed by atoms with van der Waals surface area (Å²) in [5, 5.41) is 6.49. The highest BCUT2D eigenvalue weighted by molar-refractivity contribution is 6.12. The number of nitrogens with zero attached hydrogens (tertiary/aromatic N) is 2. The summed E-state index contributed by atoms with van der Waals surface area (Å²) in [7, 11) is 0. The van der Waals surface area contributed by atoms with Gasteiger partial charge in [-0.2, -0.15) is 0 Å². The molecule has 300 valence electrons. The topological polar surface area (TPSA) is 23.0 Å². The summed E-state index contributed by atoms with van der Waals surface area (Å²) in [5.74, 6) is 0.990. The molecule has 3 aliphatic carbocycles. The summed E-state index contributed by atoms with van der Waals surface area (Å²) in [6.45, 7) is 0. The van der Waals surface area contributed by atoms with Crippen LogP contribution in [0.25, 0.3) is 99.7 Å². The van der Waals surface area contributed by atoms with Crippen LogP contribution in [-0.4, -0.2) is 9.13 Å². The third-order valence-corrected chi connectivity index (χ3v) is 15.1. The minimum Gasteiger partial charge on any atom is -0.456 e. The van der Waals surface area contributed by atoms with Crippen LogP contribution in [0.2, 0.25) is 0 Å². The van der Waals surface area contributed by atoms with Gasteiger partial charge in [-0.1, -0.05) is 147 Å². The van der Waals surface area contributed by atoms with Crippen LogP contribution in [0.1, 0.15) is 60.6 Å². The van der Waals surface area contributed by atoms with Gasteiger partial charge in [0.15, 0.2) is 0 Å². The highest BCUT2D eigenvalue weighted by atomic mass is 16.3. The predicted molar refractivity (Wildman–Crippen MR) is 262 cm³/mol. The van der Waals surface area contributed by atoms with Gasteiger partial charge in [-0.15, -0.1) is 0 Å². The highest BCUT2D eigenvalue weighted by Crippen LogP contribution is 2.58. The summed E-state index contributed by atoms with van der Waals surface area (Å²) < 4.78 is 11.4. The number of furan rings is 1. The molecule has 63 heavy (non-hydrogen) atoms. The number of fused-ring (bicyclic) bond motifs is 14. The number of hydrogen-bond donors (Lipinski definition) is 0. The van der Waals surface area contributed by atoms with Crippen molar-refractivity contribution in [2.45, 2.75) is 50.0 Å². The third-order valence-electron chi connectivity index (χ3n) is 15.1. The van der Waals surface area contributed by atoms with Crippen LogP contribution in [0.4, 0.5) is 0 Å². The Kier molecular flexibility index (Phi) is 7.45. The van der Waals surface area contributed by atoms with Gasteiger partial charge in [0.05, 0.1) is 22.6 Å². The maximum absolute atomic E-state index is 6.30. The van der Waals surface area contributed by atoms with Gasteiger partial charge < -0.3 is 13.6 Å². The van der Waals surface area contributed by atoms with Crippen molar-refractivity contribution in [1.29, 1.82) is 0 Å². The van der Waals surface area contributed by atoms with E-state index in [4.69, 9.17) is 4.42 Å². The average molecular weight is 809 g/mol. The van der Waals surface area contributed by atoms with E-state index in [1.54, 1.807) is 0 Å². The molecular formula is C60H44N2O. The molecule has 1 unspecified atom stereocenters. The van der Waals surface area contributed by atoms with Crippen molar-refractivity contribution in [3.63, 3.8) is 0 Å². The number of benzene rings is 8. The Morgan fingerprint density at radius 1 is 0.460 bits per heavy atom. The highest BCUT2D eigenvalue weighted by Gasteiger charge is 2.44. The van der Waals surface area contributed by atoms with Crippen LogP contribution in [0.3, 0.4) is 0 Å². The average Bonchev–Trinajstić information content (AvgIpc) is 4.06. The van der Waals surface area contributed by atoms with Gasteiger partial charge in [-0.05, 0) is 118 Å². The van der Waals surface area contributed by atoms with Crippen LogP contribution in [0.15, 0.2) is 186 Å². The molecule has 11 aromatic rings. The zero-order valence-electron chi connectivity index (χ0n) is 35.0. The first-order valence-corrected chi connectivity index (χ1v) is 22.8. The lowest BCUT2D eigenvalue weighted by Crippen LogP contribution is -2.28. The molecule has 0 amide bonds. The van der Waals surface area contributed by atoms with E-state index in [0.717, 1.165) is 17.8 Å². The second-order valence-electron chi connectivity index (χ2n) is 18.3. The normalized spacial score (nSPS) is 16.4. The molecule has 0 radical (unpaired) electrons. The fourth-order valence-electron chi connectivity index (χ4n) is 12.2. The first kappa shape index (κ1) is 35.3. The number of allylic oxidation sites excluding steroid dienone is 1. The first-order valence-electron chi connectivity index (χ1n) is 22.8. The molecule has 0 aliphatic heterocycles. The fraction of sp³-hybridized carbons (Fsp3) is 0.133. The zero-order valence-corrected chi connectivity index (χ0v) is 35.0. The van der Waals surface area contributed by atoms with E-state index in [2.05, 4.69) is 197 Å². The largest absolute Gasteiger partial charge is 0.456 e. The molecule has 3 heteroatoms. The Morgan fingerprint density at radius 2 is 1.14 bits per heavy atom. The van der Waals surface area contributed by atoms with Crippen molar-refractivity contribution in [2.75, 3.05) is 0 Å². The first-order chi connectivity index (χ1) is 31.2. The standard InChI is InChI=1S/C60H44N2O/c1-3-14-38(15-4-1)39-16-13-17-42(32-39)61-55-22-9-6-19-46(55)50-36-53-49(37-57(50)61)44-27-24-40(33-52(44)60(53)30-11-2-12-31-60)41-25-28-47-45-18-5-8-21-54(45)62(56(47)34-41)43-26-29-59-51(35-43)48-20-7-10-23-58(48)63-59/h1,3-10,13-29,32-34,36-37,43H,2,11-12,30-31,35H2. The summed E-state index contributed by atoms with van der Waals surface area (Å²) in [6, 6.07) is 66.2. The van der Waals surface area contributed by atoms with Gasteiger partial charge in [-0.25, -0.2) is 0 Å². The van der Waals surface area contributed by atoms with E-state index in [1.807, 2.05) is 0 Å². The maximum Gasteiger partial charge on any atom is 0.135 e. The lowest BCUT2D eigenvalue weighted by atomic mass is 9.67. The maximum atomic E-state index is 6.30. The molecule has 3 nitrogen and oxygen atoms in total. The van der Waals surface area contributed by atoms with Gasteiger partial charge in [0.25, 0.3) is 0 Å². The van der Waals surface area contributed by atoms with Gasteiger partial charge in [0.2, 0.25) is 0 Å². The molecule has 3 aromatic heterocycles. The van der Waals surface area contributed by atoms with Crippen LogP contribution >= 0.6 is 0 Å². The molecule has 0 saturated heterocycles. The molecule has 1 atom stereocenters. The molecule has 8 aromatic carbocycles. The van der Waals surface area contributed by atoms with Crippen molar-refractivity contribution in [2.24, 2.45) is 0 Å². The molecule has 14 rings (SSSR count). The van der Waals surface area contributed by atoms with Gasteiger partial charge in [0, 0.05) is 55.5 Å². The number of aromatic nitrogens is 2. The smallest absolute Gasteiger partial charge is 0.135 e. The molecule has 0 bridgehead atoms. The summed E-state index contributed by atoms with van der Waals surface area (Å²) in [6.07, 6.45) is 11.6. The molecule has 0 N–H and O–H groups in total. The van der Waals surface area contributed by atoms with Gasteiger partial charge in [0.1, 0.15) is 11.3 Å². The third kappa shape index (κ3) is 5.08. The van der Waals surface area contributed by atoms with E-state index in [9.17, 15) is 0 Å². The molecule has 1 saturated carbocycles. The van der Waals surface area contributed by atoms with Crippen LogP contribution in [0.5, 0.6) is 0 Å². The predicted octanol–water partition coefficient (Wildman–Crippen LogP) is 16.0. The van der Waals surface area contributed by atoms with Crippen molar-refractivity contribution in [1.82, 2.24) is 9.13 Å². The van der Waals surface area contributed by atoms with Crippen LogP contribution < -0.4 is 0 Å². The zero-order chi connectivity index (χ0) is 41.2. The number of para-hydroxylation sites is 3. The van der Waals surface area contributed by atoms with Crippen molar-refractivity contribution in [3.05, 3.63) is 204 Å². The van der Waals surface area contributed by atoms with E-state index >= 15 is 0 Å². The van der Waals surface area contributed by atoms with E-state index < -0.39 is 0 Å². The SMILES string of the molecule is C1=CC(n2c3ccccc3c3ccc(-c4ccc5c(c4)C4(CCCCC4)c4cc6c7ccccc7n(-c7cccc(-c8ccccc8)c7)c6cc4-5)cc32)Cc2c1oc1ccccc21. The minimum absolute atomic E-state index is 0.000509. The van der Waals surface area contributed by atoms with E-state index in [-0.39, 0.29) is 11.5 Å². The van der Waals surface area contributed by atoms with E-state index in [0.29, 0.717) is 0 Å². The molecule has 1 fully saturated rings. The molecule has 1 spiro atoms. The van der Waals surface area contributed by atoms with Crippen LogP contribution in [0, 0.1) is 0 Å². The Hall–Kier alpha value is -7.36. The Bertz CT molecular complexity index is 3700. The quantitative estimate of drug-likeness (QED) is 0.174. The minimum atomic E-state index is 0.000509. The van der Waals surface area contributed by atoms with Crippen molar-refractivity contribution >= 4 is 60.7 Å². The summed E-state index contributed by atoms with van der Waals surface area (Å²) in [5.41, 5.74) is 19.4. The number of rotatable bonds is 4. The number of hydrogen-bond acceptors (Lipinski definition) is 1. The lowest BCUT2D eigenvalue weighted by Gasteiger charge is -2.36. The Morgan fingerprint density at radius 3 is 2.02 bits per heavy atom. The Labute approximate surface area is 366 Å². The summed E-state index contributed by atoms with van der Waals surface area (Å²) >= 11 is 0. The molecule has 3 aliphatic rings. The van der Waals surface area contributed by atoms with E-state index in [1.165, 1.54) is 137 Å². The molecule has 3 heterocycles. The van der Waals surface area contributed by atoms with Gasteiger partial charge >= 0.3 is 0 Å². The summed E-state index contributed by atoms with van der Waals surface area (Å²) in [4.78, 5) is 0. The fourth-order valence-corrected chi connectivity index (χ4v) is 12.2. The molecular weight excluding hydrogens is 765 g/mol. The van der Waals surface area contributed by atoms with Crippen molar-refractivity contribution < 1.29 is 4.42 Å².